The lowest BCUT2D eigenvalue weighted by Crippen LogP contribution is -2.39. The number of amides is 5. The summed E-state index contributed by atoms with van der Waals surface area (Å²) in [4.78, 5) is 65.1. The van der Waals surface area contributed by atoms with Gasteiger partial charge in [-0.25, -0.2) is 4.89 Å². The molecule has 352 valence electrons. The summed E-state index contributed by atoms with van der Waals surface area (Å²) in [5.41, 5.74) is 0. The van der Waals surface area contributed by atoms with Crippen molar-refractivity contribution in [1.82, 2.24) is 31.9 Å². The van der Waals surface area contributed by atoms with Gasteiger partial charge in [-0.3, -0.25) is 29.2 Å². The Morgan fingerprint density at radius 3 is 1.67 bits per heavy atom. The molecule has 0 aromatic carbocycles. The molecule has 19 nitrogen and oxygen atoms in total. The van der Waals surface area contributed by atoms with Gasteiger partial charge in [-0.15, -0.1) is 0 Å². The fourth-order valence-corrected chi connectivity index (χ4v) is 5.65. The third-order valence-corrected chi connectivity index (χ3v) is 8.95. The smallest absolute Gasteiger partial charge is 0.245 e. The van der Waals surface area contributed by atoms with Crippen molar-refractivity contribution in [1.29, 1.82) is 0 Å². The second-order valence-electron chi connectivity index (χ2n) is 14.1. The van der Waals surface area contributed by atoms with E-state index in [4.69, 9.17) is 28.9 Å². The molecule has 0 spiro atoms. The number of rotatable bonds is 46. The molecule has 5 amide bonds. The topological polar surface area (TPSA) is 242 Å². The van der Waals surface area contributed by atoms with Crippen molar-refractivity contribution in [3.8, 4) is 0 Å². The molecule has 1 atom stereocenters. The maximum absolute atomic E-state index is 12.8. The third kappa shape index (κ3) is 43.4. The molecule has 0 heterocycles. The lowest BCUT2D eigenvalue weighted by atomic mass is 10.0. The van der Waals surface area contributed by atoms with E-state index in [0.717, 1.165) is 64.5 Å². The van der Waals surface area contributed by atoms with Crippen LogP contribution in [0.2, 0.25) is 0 Å². The van der Waals surface area contributed by atoms with Crippen LogP contribution in [0.15, 0.2) is 0 Å². The molecule has 0 aliphatic carbocycles. The Bertz CT molecular complexity index is 1050. The number of unbranched alkanes of at least 4 members (excludes halogenated alkanes) is 6. The quantitative estimate of drug-likeness (QED) is 0.0143. The van der Waals surface area contributed by atoms with Gasteiger partial charge >= 0.3 is 0 Å². The molecule has 0 aromatic rings. The first kappa shape index (κ1) is 57.3. The largest absolute Gasteiger partial charge is 0.385 e. The number of nitrogens with one attached hydrogen (secondary N) is 6. The highest BCUT2D eigenvalue weighted by Crippen LogP contribution is 2.07. The van der Waals surface area contributed by atoms with Crippen LogP contribution < -0.4 is 31.9 Å². The third-order valence-electron chi connectivity index (χ3n) is 8.77. The van der Waals surface area contributed by atoms with Crippen molar-refractivity contribution >= 4 is 42.4 Å². The lowest BCUT2D eigenvalue weighted by molar-refractivity contribution is -0.242. The van der Waals surface area contributed by atoms with E-state index in [1.807, 2.05) is 0 Å². The summed E-state index contributed by atoms with van der Waals surface area (Å²) in [6.45, 7) is 7.20. The van der Waals surface area contributed by atoms with E-state index in [9.17, 15) is 24.0 Å². The van der Waals surface area contributed by atoms with Gasteiger partial charge in [0.1, 0.15) is 6.61 Å². The van der Waals surface area contributed by atoms with Crippen molar-refractivity contribution in [2.75, 3.05) is 119 Å². The van der Waals surface area contributed by atoms with Gasteiger partial charge in [0.15, 0.2) is 0 Å². The van der Waals surface area contributed by atoms with Crippen LogP contribution >= 0.6 is 12.9 Å². The van der Waals surface area contributed by atoms with Gasteiger partial charge in [0.25, 0.3) is 0 Å². The highest BCUT2D eigenvalue weighted by atomic mass is 32.1. The summed E-state index contributed by atoms with van der Waals surface area (Å²) >= 11 is 3.66. The predicted octanol–water partition coefficient (Wildman–Crippen LogP) is 1.83. The second kappa shape index (κ2) is 45.9. The molecule has 0 saturated heterocycles. The number of hydrogen-bond acceptors (Lipinski definition) is 15. The minimum atomic E-state index is -0.298. The van der Waals surface area contributed by atoms with Gasteiger partial charge in [0.05, 0.1) is 59.5 Å². The number of carbonyl (C=O) groups is 5. The van der Waals surface area contributed by atoms with E-state index < -0.39 is 0 Å². The molecule has 7 N–H and O–H groups in total. The zero-order valence-corrected chi connectivity index (χ0v) is 37.1. The number of methoxy groups -OCH3 is 1. The average molecular weight is 883 g/mol. The zero-order chi connectivity index (χ0) is 44.0. The summed E-state index contributed by atoms with van der Waals surface area (Å²) in [5.74, 6) is -0.647. The van der Waals surface area contributed by atoms with E-state index in [1.165, 1.54) is 0 Å². The summed E-state index contributed by atoms with van der Waals surface area (Å²) in [5, 5.41) is 25.9. The standard InChI is InChI=1S/C40H78N6O13S/c1-53-23-9-3-2-7-18-42-39(50)33-35(13-4-8-17-41-20-26-54-29-30-55-27-21-44-36(47)14-5-10-24-58-52)46-38(49)16-12-19-43-40(51)34-57-32-31-56-28-22-45-37(48)15-6-11-25-59-60/h35,41,52,60H,2-34H2,1H3,(H,42,50)(H,43,51)(H,44,47)(H,45,48)(H,46,49). The van der Waals surface area contributed by atoms with Gasteiger partial charge in [0, 0.05) is 78.2 Å². The highest BCUT2D eigenvalue weighted by Gasteiger charge is 2.16. The van der Waals surface area contributed by atoms with E-state index in [2.05, 4.69) is 53.9 Å². The van der Waals surface area contributed by atoms with E-state index in [1.54, 1.807) is 7.11 Å². The lowest BCUT2D eigenvalue weighted by Gasteiger charge is -2.19. The Morgan fingerprint density at radius 2 is 1.02 bits per heavy atom. The Hall–Kier alpha value is -2.66. The molecular weight excluding hydrogens is 805 g/mol. The monoisotopic (exact) mass is 883 g/mol. The van der Waals surface area contributed by atoms with Crippen LogP contribution in [0.4, 0.5) is 0 Å². The summed E-state index contributed by atoms with van der Waals surface area (Å²) in [6.07, 6.45) is 10.7. The molecule has 0 aliphatic heterocycles. The molecule has 0 rings (SSSR count). The van der Waals surface area contributed by atoms with E-state index >= 15 is 0 Å². The van der Waals surface area contributed by atoms with Crippen molar-refractivity contribution in [3.63, 3.8) is 0 Å². The van der Waals surface area contributed by atoms with Crippen molar-refractivity contribution in [3.05, 3.63) is 0 Å². The van der Waals surface area contributed by atoms with Crippen LogP contribution in [0.1, 0.15) is 103 Å². The normalized spacial score (nSPS) is 11.6. The van der Waals surface area contributed by atoms with Crippen molar-refractivity contribution in [2.24, 2.45) is 0 Å². The molecule has 0 bridgehead atoms. The first-order chi connectivity index (χ1) is 29.3. The average Bonchev–Trinajstić information content (AvgIpc) is 3.23. The van der Waals surface area contributed by atoms with Gasteiger partial charge in [-0.05, 0) is 77.2 Å². The van der Waals surface area contributed by atoms with Crippen LogP contribution in [0.25, 0.3) is 0 Å². The molecule has 0 fully saturated rings. The minimum absolute atomic E-state index is 0.0436. The molecular formula is C40H78N6O13S. The molecule has 0 aliphatic rings. The van der Waals surface area contributed by atoms with E-state index in [0.29, 0.717) is 111 Å². The maximum atomic E-state index is 12.8. The highest BCUT2D eigenvalue weighted by molar-refractivity contribution is 7.75. The zero-order valence-electron chi connectivity index (χ0n) is 36.2. The molecule has 20 heteroatoms. The minimum Gasteiger partial charge on any atom is -0.385 e. The summed E-state index contributed by atoms with van der Waals surface area (Å²) in [7, 11) is 1.69. The van der Waals surface area contributed by atoms with Crippen LogP contribution in [-0.4, -0.2) is 160 Å². The predicted molar refractivity (Wildman–Crippen MR) is 229 cm³/mol. The second-order valence-corrected chi connectivity index (χ2v) is 14.4. The molecule has 0 saturated carbocycles. The number of ether oxygens (including phenoxy) is 5. The van der Waals surface area contributed by atoms with Gasteiger partial charge < -0.3 is 59.8 Å². The number of hydrogen-bond donors (Lipinski definition) is 8. The SMILES string of the molecule is COCCCCCCNC(=O)CC(CCCCNCCOCCOCCNC(=O)CCCCOO)NC(=O)CCCNC(=O)COCCOCCNC(=O)CCCCOS. The fraction of sp³-hybridized carbons (Fsp3) is 0.875. The fourth-order valence-electron chi connectivity index (χ4n) is 5.52. The molecule has 0 radical (unpaired) electrons. The first-order valence-corrected chi connectivity index (χ1v) is 22.1. The first-order valence-electron chi connectivity index (χ1n) is 21.7. The van der Waals surface area contributed by atoms with Crippen LogP contribution in [0.3, 0.4) is 0 Å². The van der Waals surface area contributed by atoms with Crippen molar-refractivity contribution in [2.45, 2.75) is 109 Å². The molecule has 60 heavy (non-hydrogen) atoms. The van der Waals surface area contributed by atoms with Gasteiger partial charge in [-0.2, -0.15) is 0 Å². The summed E-state index contributed by atoms with van der Waals surface area (Å²) < 4.78 is 31.6. The van der Waals surface area contributed by atoms with Crippen LogP contribution in [0, 0.1) is 0 Å². The molecule has 0 aromatic heterocycles. The van der Waals surface area contributed by atoms with Crippen LogP contribution in [0.5, 0.6) is 0 Å². The number of thiol groups is 1. The summed E-state index contributed by atoms with van der Waals surface area (Å²) in [6, 6.07) is -0.298. The van der Waals surface area contributed by atoms with Gasteiger partial charge in [0.2, 0.25) is 29.5 Å². The Balaban J connectivity index is 4.20. The molecule has 1 unspecified atom stereocenters. The Morgan fingerprint density at radius 1 is 0.483 bits per heavy atom. The van der Waals surface area contributed by atoms with E-state index in [-0.39, 0.29) is 74.8 Å². The van der Waals surface area contributed by atoms with Gasteiger partial charge in [-0.1, -0.05) is 19.3 Å². The maximum Gasteiger partial charge on any atom is 0.245 e. The Kier molecular flexibility index (Phi) is 43.8. The van der Waals surface area contributed by atoms with Crippen molar-refractivity contribution < 1.29 is 62.0 Å². The van der Waals surface area contributed by atoms with Crippen LogP contribution in [-0.2, 0) is 56.7 Å². The number of carbonyl (C=O) groups excluding carboxylic acids is 5. The Labute approximate surface area is 363 Å².